The molecule has 4 heteroatoms. The Bertz CT molecular complexity index is 554. The summed E-state index contributed by atoms with van der Waals surface area (Å²) in [5, 5.41) is 0.646. The number of esters is 1. The van der Waals surface area contributed by atoms with E-state index >= 15 is 0 Å². The number of benzene rings is 2. The SMILES string of the molecule is N[C@H](CC(=O)OCc1ccccc1)c1ccc(Cl)cc1. The van der Waals surface area contributed by atoms with E-state index in [1.807, 2.05) is 42.5 Å². The normalized spacial score (nSPS) is 11.9. The Morgan fingerprint density at radius 1 is 1.10 bits per heavy atom. The summed E-state index contributed by atoms with van der Waals surface area (Å²) in [4.78, 5) is 11.7. The average Bonchev–Trinajstić information content (AvgIpc) is 2.47. The molecule has 0 aromatic heterocycles. The fraction of sp³-hybridized carbons (Fsp3) is 0.188. The molecule has 0 bridgehead atoms. The van der Waals surface area contributed by atoms with Gasteiger partial charge in [0.15, 0.2) is 0 Å². The number of carbonyl (C=O) groups excluding carboxylic acids is 1. The lowest BCUT2D eigenvalue weighted by Crippen LogP contribution is -2.17. The van der Waals surface area contributed by atoms with Crippen LogP contribution in [0.1, 0.15) is 23.6 Å². The fourth-order valence-corrected chi connectivity index (χ4v) is 1.93. The maximum atomic E-state index is 11.7. The number of carbonyl (C=O) groups is 1. The Labute approximate surface area is 123 Å². The number of halogens is 1. The van der Waals surface area contributed by atoms with Crippen molar-refractivity contribution in [2.45, 2.75) is 19.1 Å². The van der Waals surface area contributed by atoms with Crippen LogP contribution >= 0.6 is 11.6 Å². The molecule has 0 unspecified atom stereocenters. The van der Waals surface area contributed by atoms with E-state index in [1.165, 1.54) is 0 Å². The second-order valence-corrected chi connectivity index (χ2v) is 4.94. The first-order valence-corrected chi connectivity index (χ1v) is 6.73. The van der Waals surface area contributed by atoms with Gasteiger partial charge in [0.25, 0.3) is 0 Å². The van der Waals surface area contributed by atoms with Gasteiger partial charge < -0.3 is 10.5 Å². The van der Waals surface area contributed by atoms with Crippen LogP contribution in [0.25, 0.3) is 0 Å². The zero-order chi connectivity index (χ0) is 14.4. The van der Waals surface area contributed by atoms with Gasteiger partial charge in [0.2, 0.25) is 0 Å². The topological polar surface area (TPSA) is 52.3 Å². The van der Waals surface area contributed by atoms with E-state index in [0.29, 0.717) is 5.02 Å². The van der Waals surface area contributed by atoms with E-state index in [2.05, 4.69) is 0 Å². The number of nitrogens with two attached hydrogens (primary N) is 1. The molecular formula is C16H16ClNO2. The molecule has 0 aliphatic heterocycles. The Morgan fingerprint density at radius 3 is 2.40 bits per heavy atom. The van der Waals surface area contributed by atoms with Gasteiger partial charge in [-0.15, -0.1) is 0 Å². The van der Waals surface area contributed by atoms with Gasteiger partial charge >= 0.3 is 5.97 Å². The van der Waals surface area contributed by atoms with Crippen molar-refractivity contribution in [1.29, 1.82) is 0 Å². The van der Waals surface area contributed by atoms with Gasteiger partial charge in [0.05, 0.1) is 6.42 Å². The van der Waals surface area contributed by atoms with E-state index in [0.717, 1.165) is 11.1 Å². The first-order chi connectivity index (χ1) is 9.65. The maximum Gasteiger partial charge on any atom is 0.308 e. The summed E-state index contributed by atoms with van der Waals surface area (Å²) in [5.74, 6) is -0.309. The lowest BCUT2D eigenvalue weighted by Gasteiger charge is -2.12. The summed E-state index contributed by atoms with van der Waals surface area (Å²) in [6, 6.07) is 16.3. The Balaban J connectivity index is 1.83. The van der Waals surface area contributed by atoms with Crippen molar-refractivity contribution in [3.8, 4) is 0 Å². The molecule has 0 aliphatic carbocycles. The molecule has 0 saturated carbocycles. The van der Waals surface area contributed by atoms with Crippen LogP contribution in [0.5, 0.6) is 0 Å². The molecule has 0 heterocycles. The second-order valence-electron chi connectivity index (χ2n) is 4.51. The minimum atomic E-state index is -0.379. The average molecular weight is 290 g/mol. The first kappa shape index (κ1) is 14.6. The van der Waals surface area contributed by atoms with Crippen LogP contribution in [0, 0.1) is 0 Å². The third kappa shape index (κ3) is 4.37. The quantitative estimate of drug-likeness (QED) is 0.858. The highest BCUT2D eigenvalue weighted by Crippen LogP contribution is 2.17. The van der Waals surface area contributed by atoms with Gasteiger partial charge in [-0.1, -0.05) is 54.1 Å². The van der Waals surface area contributed by atoms with Gasteiger partial charge in [-0.25, -0.2) is 0 Å². The summed E-state index contributed by atoms with van der Waals surface area (Å²) in [6.07, 6.45) is 0.147. The number of rotatable bonds is 5. The van der Waals surface area contributed by atoms with E-state index < -0.39 is 0 Å². The van der Waals surface area contributed by atoms with Gasteiger partial charge in [0, 0.05) is 11.1 Å². The van der Waals surface area contributed by atoms with Gasteiger partial charge in [0.1, 0.15) is 6.61 Å². The predicted octanol–water partition coefficient (Wildman–Crippen LogP) is 3.47. The largest absolute Gasteiger partial charge is 0.461 e. The van der Waals surface area contributed by atoms with E-state index in [1.54, 1.807) is 12.1 Å². The summed E-state index contributed by atoms with van der Waals surface area (Å²) < 4.78 is 5.20. The molecule has 1 atom stereocenters. The van der Waals surface area contributed by atoms with E-state index in [-0.39, 0.29) is 25.0 Å². The molecule has 20 heavy (non-hydrogen) atoms. The maximum absolute atomic E-state index is 11.7. The molecule has 104 valence electrons. The van der Waals surface area contributed by atoms with Gasteiger partial charge in [-0.05, 0) is 23.3 Å². The van der Waals surface area contributed by atoms with Crippen molar-refractivity contribution in [2.24, 2.45) is 5.73 Å². The van der Waals surface area contributed by atoms with Crippen molar-refractivity contribution in [1.82, 2.24) is 0 Å². The van der Waals surface area contributed by atoms with Crippen LogP contribution < -0.4 is 5.73 Å². The molecule has 0 amide bonds. The monoisotopic (exact) mass is 289 g/mol. The molecule has 2 rings (SSSR count). The summed E-state index contributed by atoms with van der Waals surface area (Å²) in [6.45, 7) is 0.271. The molecule has 3 nitrogen and oxygen atoms in total. The predicted molar refractivity (Wildman–Crippen MR) is 79.2 cm³/mol. The minimum Gasteiger partial charge on any atom is -0.461 e. The standard InChI is InChI=1S/C16H16ClNO2/c17-14-8-6-13(7-9-14)15(18)10-16(19)20-11-12-4-2-1-3-5-12/h1-9,15H,10-11,18H2/t15-/m1/s1. The molecule has 0 saturated heterocycles. The lowest BCUT2D eigenvalue weighted by molar-refractivity contribution is -0.145. The summed E-state index contributed by atoms with van der Waals surface area (Å²) in [5.41, 5.74) is 7.80. The van der Waals surface area contributed by atoms with Crippen LogP contribution in [0.15, 0.2) is 54.6 Å². The van der Waals surface area contributed by atoms with Crippen molar-refractivity contribution >= 4 is 17.6 Å². The summed E-state index contributed by atoms with van der Waals surface area (Å²) in [7, 11) is 0. The highest BCUT2D eigenvalue weighted by molar-refractivity contribution is 6.30. The zero-order valence-electron chi connectivity index (χ0n) is 11.0. The van der Waals surface area contributed by atoms with Crippen molar-refractivity contribution in [3.05, 3.63) is 70.7 Å². The molecule has 2 N–H and O–H groups in total. The molecule has 2 aromatic rings. The minimum absolute atomic E-state index is 0.147. The zero-order valence-corrected chi connectivity index (χ0v) is 11.7. The molecule has 0 radical (unpaired) electrons. The summed E-state index contributed by atoms with van der Waals surface area (Å²) >= 11 is 5.81. The Hall–Kier alpha value is -1.84. The second kappa shape index (κ2) is 7.08. The van der Waals surface area contributed by atoms with Crippen LogP contribution in [0.3, 0.4) is 0 Å². The molecular weight excluding hydrogens is 274 g/mol. The first-order valence-electron chi connectivity index (χ1n) is 6.36. The van der Waals surface area contributed by atoms with Gasteiger partial charge in [-0.2, -0.15) is 0 Å². The number of hydrogen-bond acceptors (Lipinski definition) is 3. The Morgan fingerprint density at radius 2 is 1.75 bits per heavy atom. The number of ether oxygens (including phenoxy) is 1. The van der Waals surface area contributed by atoms with Crippen molar-refractivity contribution in [2.75, 3.05) is 0 Å². The highest BCUT2D eigenvalue weighted by atomic mass is 35.5. The van der Waals surface area contributed by atoms with Crippen LogP contribution in [0.2, 0.25) is 5.02 Å². The van der Waals surface area contributed by atoms with Crippen LogP contribution in [0.4, 0.5) is 0 Å². The van der Waals surface area contributed by atoms with Crippen LogP contribution in [-0.2, 0) is 16.1 Å². The van der Waals surface area contributed by atoms with Crippen molar-refractivity contribution in [3.63, 3.8) is 0 Å². The third-order valence-electron chi connectivity index (χ3n) is 2.93. The third-order valence-corrected chi connectivity index (χ3v) is 3.18. The highest BCUT2D eigenvalue weighted by Gasteiger charge is 2.12. The fourth-order valence-electron chi connectivity index (χ4n) is 1.80. The Kier molecular flexibility index (Phi) is 5.16. The molecule has 0 spiro atoms. The van der Waals surface area contributed by atoms with E-state index in [4.69, 9.17) is 22.1 Å². The van der Waals surface area contributed by atoms with Gasteiger partial charge in [-0.3, -0.25) is 4.79 Å². The van der Waals surface area contributed by atoms with Crippen molar-refractivity contribution < 1.29 is 9.53 Å². The van der Waals surface area contributed by atoms with E-state index in [9.17, 15) is 4.79 Å². The number of hydrogen-bond donors (Lipinski definition) is 1. The lowest BCUT2D eigenvalue weighted by atomic mass is 10.1. The molecule has 2 aromatic carbocycles. The van der Waals surface area contributed by atoms with Crippen LogP contribution in [-0.4, -0.2) is 5.97 Å². The molecule has 0 fully saturated rings. The molecule has 0 aliphatic rings. The smallest absolute Gasteiger partial charge is 0.308 e.